The first kappa shape index (κ1) is 13.7. The number of carbonyl (C=O) groups is 1. The molecule has 1 N–H and O–H groups in total. The van der Waals surface area contributed by atoms with Crippen LogP contribution in [-0.4, -0.2) is 23.3 Å². The van der Waals surface area contributed by atoms with Crippen LogP contribution in [-0.2, 0) is 9.53 Å². The Hall–Kier alpha value is -1.68. The van der Waals surface area contributed by atoms with Crippen molar-refractivity contribution in [1.82, 2.24) is 0 Å². The van der Waals surface area contributed by atoms with Crippen LogP contribution in [0.15, 0.2) is 30.3 Å². The maximum Gasteiger partial charge on any atom is 0.331 e. The number of ether oxygens (including phenoxy) is 1. The molecule has 1 aromatic carbocycles. The number of carbonyl (C=O) groups excluding carboxylic acids is 1. The Bertz CT molecular complexity index is 453. The van der Waals surface area contributed by atoms with E-state index in [1.165, 1.54) is 18.2 Å². The Morgan fingerprint density at radius 2 is 1.95 bits per heavy atom. The zero-order valence-electron chi connectivity index (χ0n) is 10.6. The third kappa shape index (κ3) is 4.17. The maximum atomic E-state index is 12.7. The van der Waals surface area contributed by atoms with E-state index in [4.69, 9.17) is 4.74 Å². The van der Waals surface area contributed by atoms with Crippen molar-refractivity contribution in [2.24, 2.45) is 0 Å². The molecule has 19 heavy (non-hydrogen) atoms. The molecule has 0 amide bonds. The highest BCUT2D eigenvalue weighted by molar-refractivity contribution is 5.87. The zero-order chi connectivity index (χ0) is 13.7. The van der Waals surface area contributed by atoms with Gasteiger partial charge < -0.3 is 9.84 Å². The molecule has 102 valence electrons. The summed E-state index contributed by atoms with van der Waals surface area (Å²) in [5.41, 5.74) is 0.725. The van der Waals surface area contributed by atoms with E-state index >= 15 is 0 Å². The Kier molecular flexibility index (Phi) is 4.68. The van der Waals surface area contributed by atoms with E-state index in [0.717, 1.165) is 18.4 Å². The third-order valence-corrected chi connectivity index (χ3v) is 3.22. The van der Waals surface area contributed by atoms with Crippen molar-refractivity contribution < 1.29 is 19.0 Å². The molecule has 0 unspecified atom stereocenters. The van der Waals surface area contributed by atoms with Gasteiger partial charge in [0.2, 0.25) is 0 Å². The second-order valence-corrected chi connectivity index (χ2v) is 4.71. The van der Waals surface area contributed by atoms with Gasteiger partial charge in [0.25, 0.3) is 0 Å². The highest BCUT2D eigenvalue weighted by atomic mass is 19.1. The zero-order valence-corrected chi connectivity index (χ0v) is 10.6. The fourth-order valence-electron chi connectivity index (χ4n) is 2.14. The highest BCUT2D eigenvalue weighted by Crippen LogP contribution is 2.21. The lowest BCUT2D eigenvalue weighted by molar-refractivity contribution is -0.151. The number of aliphatic hydroxyl groups is 1. The van der Waals surface area contributed by atoms with Crippen molar-refractivity contribution in [2.75, 3.05) is 0 Å². The van der Waals surface area contributed by atoms with Crippen LogP contribution in [0.3, 0.4) is 0 Å². The molecule has 0 bridgehead atoms. The van der Waals surface area contributed by atoms with Crippen molar-refractivity contribution in [1.29, 1.82) is 0 Å². The second-order valence-electron chi connectivity index (χ2n) is 4.71. The first-order valence-corrected chi connectivity index (χ1v) is 6.47. The SMILES string of the molecule is O=C(C=Cc1ccc(F)cc1)O[C@@H]1CCCC[C@H]1O. The molecule has 0 aliphatic heterocycles. The topological polar surface area (TPSA) is 46.5 Å². The van der Waals surface area contributed by atoms with Gasteiger partial charge >= 0.3 is 5.97 Å². The highest BCUT2D eigenvalue weighted by Gasteiger charge is 2.25. The van der Waals surface area contributed by atoms with Crippen LogP contribution in [0, 0.1) is 5.82 Å². The maximum absolute atomic E-state index is 12.7. The summed E-state index contributed by atoms with van der Waals surface area (Å²) in [6.07, 6.45) is 5.23. The molecular formula is C15H17FO3. The molecule has 0 aromatic heterocycles. The normalized spacial score (nSPS) is 23.5. The summed E-state index contributed by atoms with van der Waals surface area (Å²) in [5.74, 6) is -0.791. The number of esters is 1. The van der Waals surface area contributed by atoms with Gasteiger partial charge in [0.05, 0.1) is 6.10 Å². The predicted octanol–water partition coefficient (Wildman–Crippen LogP) is 2.69. The van der Waals surface area contributed by atoms with Crippen molar-refractivity contribution in [3.63, 3.8) is 0 Å². The van der Waals surface area contributed by atoms with Crippen molar-refractivity contribution in [3.05, 3.63) is 41.7 Å². The summed E-state index contributed by atoms with van der Waals surface area (Å²) in [4.78, 5) is 11.6. The monoisotopic (exact) mass is 264 g/mol. The van der Waals surface area contributed by atoms with E-state index < -0.39 is 18.2 Å². The number of hydrogen-bond donors (Lipinski definition) is 1. The van der Waals surface area contributed by atoms with Gasteiger partial charge in [0, 0.05) is 6.08 Å². The summed E-state index contributed by atoms with van der Waals surface area (Å²) in [5, 5.41) is 9.69. The Morgan fingerprint density at radius 1 is 1.26 bits per heavy atom. The molecule has 1 aromatic rings. The fraction of sp³-hybridized carbons (Fsp3) is 0.400. The number of rotatable bonds is 3. The minimum atomic E-state index is -0.558. The van der Waals surface area contributed by atoms with E-state index in [-0.39, 0.29) is 5.82 Å². The van der Waals surface area contributed by atoms with Crippen LogP contribution in [0.25, 0.3) is 6.08 Å². The van der Waals surface area contributed by atoms with Gasteiger partial charge in [0.1, 0.15) is 11.9 Å². The fourth-order valence-corrected chi connectivity index (χ4v) is 2.14. The van der Waals surface area contributed by atoms with Crippen LogP contribution >= 0.6 is 0 Å². The largest absolute Gasteiger partial charge is 0.456 e. The number of aliphatic hydroxyl groups excluding tert-OH is 1. The molecule has 4 heteroatoms. The summed E-state index contributed by atoms with van der Waals surface area (Å²) < 4.78 is 17.9. The van der Waals surface area contributed by atoms with Gasteiger partial charge in [-0.3, -0.25) is 0 Å². The minimum absolute atomic E-state index is 0.315. The molecule has 0 saturated heterocycles. The molecule has 0 heterocycles. The van der Waals surface area contributed by atoms with Crippen LogP contribution in [0.2, 0.25) is 0 Å². The lowest BCUT2D eigenvalue weighted by Crippen LogP contribution is -2.33. The van der Waals surface area contributed by atoms with Crippen molar-refractivity contribution in [2.45, 2.75) is 37.9 Å². The quantitative estimate of drug-likeness (QED) is 0.674. The molecule has 3 nitrogen and oxygen atoms in total. The van der Waals surface area contributed by atoms with Gasteiger partial charge in [-0.2, -0.15) is 0 Å². The lowest BCUT2D eigenvalue weighted by atomic mass is 9.95. The first-order chi connectivity index (χ1) is 9.15. The smallest absolute Gasteiger partial charge is 0.331 e. The Morgan fingerprint density at radius 3 is 2.63 bits per heavy atom. The van der Waals surface area contributed by atoms with Gasteiger partial charge in [-0.1, -0.05) is 18.6 Å². The van der Waals surface area contributed by atoms with E-state index in [1.807, 2.05) is 0 Å². The number of benzene rings is 1. The van der Waals surface area contributed by atoms with Gasteiger partial charge in [-0.25, -0.2) is 9.18 Å². The second kappa shape index (κ2) is 6.48. The average Bonchev–Trinajstić information content (AvgIpc) is 2.41. The van der Waals surface area contributed by atoms with Gasteiger partial charge in [0.15, 0.2) is 0 Å². The van der Waals surface area contributed by atoms with Crippen LogP contribution < -0.4 is 0 Å². The Balaban J connectivity index is 1.88. The molecule has 1 saturated carbocycles. The van der Waals surface area contributed by atoms with E-state index in [0.29, 0.717) is 12.8 Å². The summed E-state index contributed by atoms with van der Waals surface area (Å²) in [6, 6.07) is 5.81. The predicted molar refractivity (Wildman–Crippen MR) is 69.8 cm³/mol. The molecular weight excluding hydrogens is 247 g/mol. The van der Waals surface area contributed by atoms with Crippen LogP contribution in [0.5, 0.6) is 0 Å². The standard InChI is InChI=1S/C15H17FO3/c16-12-8-5-11(6-9-12)7-10-15(18)19-14-4-2-1-3-13(14)17/h5-10,13-14,17H,1-4H2/t13-,14-/m1/s1. The molecule has 2 atom stereocenters. The summed E-state index contributed by atoms with van der Waals surface area (Å²) in [6.45, 7) is 0. The molecule has 1 aliphatic carbocycles. The average molecular weight is 264 g/mol. The summed E-state index contributed by atoms with van der Waals surface area (Å²) in [7, 11) is 0. The van der Waals surface area contributed by atoms with Gasteiger partial charge in [-0.05, 0) is 43.0 Å². The first-order valence-electron chi connectivity index (χ1n) is 6.47. The van der Waals surface area contributed by atoms with E-state index in [9.17, 15) is 14.3 Å². The van der Waals surface area contributed by atoms with Crippen molar-refractivity contribution in [3.8, 4) is 0 Å². The van der Waals surface area contributed by atoms with E-state index in [1.54, 1.807) is 18.2 Å². The van der Waals surface area contributed by atoms with Crippen LogP contribution in [0.4, 0.5) is 4.39 Å². The minimum Gasteiger partial charge on any atom is -0.456 e. The van der Waals surface area contributed by atoms with Crippen molar-refractivity contribution >= 4 is 12.0 Å². The molecule has 2 rings (SSSR count). The van der Waals surface area contributed by atoms with Gasteiger partial charge in [-0.15, -0.1) is 0 Å². The number of hydrogen-bond acceptors (Lipinski definition) is 3. The molecule has 0 radical (unpaired) electrons. The van der Waals surface area contributed by atoms with E-state index in [2.05, 4.69) is 0 Å². The molecule has 1 fully saturated rings. The van der Waals surface area contributed by atoms with Crippen LogP contribution in [0.1, 0.15) is 31.2 Å². The lowest BCUT2D eigenvalue weighted by Gasteiger charge is -2.26. The molecule has 0 spiro atoms. The third-order valence-electron chi connectivity index (χ3n) is 3.22. The Labute approximate surface area is 111 Å². The number of halogens is 1. The summed E-state index contributed by atoms with van der Waals surface area (Å²) >= 11 is 0. The molecule has 1 aliphatic rings.